The van der Waals surface area contributed by atoms with Crippen molar-refractivity contribution in [2.75, 3.05) is 12.3 Å². The lowest BCUT2D eigenvalue weighted by atomic mass is 9.82. The number of primary amides is 1. The van der Waals surface area contributed by atoms with Gasteiger partial charge in [0, 0.05) is 5.92 Å². The zero-order chi connectivity index (χ0) is 14.4. The molecule has 108 valence electrons. The first-order valence-electron chi connectivity index (χ1n) is 6.13. The van der Waals surface area contributed by atoms with Crippen LogP contribution in [0.25, 0.3) is 0 Å². The SMILES string of the molecule is NC(=O)CSC1=C(OC(=O)O)N2C(=O)[C@H]3NCCC1[C@H]32. The third kappa shape index (κ3) is 1.85. The average molecular weight is 299 g/mol. The summed E-state index contributed by atoms with van der Waals surface area (Å²) in [6.07, 6.45) is -0.710. The molecule has 2 saturated heterocycles. The van der Waals surface area contributed by atoms with Gasteiger partial charge in [-0.2, -0.15) is 0 Å². The van der Waals surface area contributed by atoms with Gasteiger partial charge >= 0.3 is 6.16 Å². The summed E-state index contributed by atoms with van der Waals surface area (Å²) in [4.78, 5) is 35.7. The van der Waals surface area contributed by atoms with E-state index in [0.29, 0.717) is 11.4 Å². The molecule has 0 radical (unpaired) electrons. The summed E-state index contributed by atoms with van der Waals surface area (Å²) in [6, 6.07) is -0.395. The fourth-order valence-corrected chi connectivity index (χ4v) is 4.03. The van der Waals surface area contributed by atoms with E-state index in [9.17, 15) is 14.4 Å². The van der Waals surface area contributed by atoms with E-state index in [1.54, 1.807) is 0 Å². The number of amides is 2. The predicted molar refractivity (Wildman–Crippen MR) is 68.3 cm³/mol. The highest BCUT2D eigenvalue weighted by atomic mass is 32.2. The number of piperidine rings is 1. The van der Waals surface area contributed by atoms with Crippen LogP contribution in [0.5, 0.6) is 0 Å². The summed E-state index contributed by atoms with van der Waals surface area (Å²) < 4.78 is 4.77. The first kappa shape index (κ1) is 13.3. The molecule has 3 rings (SSSR count). The second-order valence-corrected chi connectivity index (χ2v) is 5.84. The molecular formula is C11H13N3O5S. The van der Waals surface area contributed by atoms with Crippen LogP contribution in [-0.4, -0.2) is 52.4 Å². The van der Waals surface area contributed by atoms with E-state index >= 15 is 0 Å². The molecule has 4 N–H and O–H groups in total. The van der Waals surface area contributed by atoms with Gasteiger partial charge in [0.15, 0.2) is 0 Å². The number of rotatable bonds is 4. The number of nitrogens with zero attached hydrogens (tertiary/aromatic N) is 1. The maximum absolute atomic E-state index is 12.0. The lowest BCUT2D eigenvalue weighted by Gasteiger charge is -2.48. The van der Waals surface area contributed by atoms with Crippen molar-refractivity contribution in [1.29, 1.82) is 0 Å². The van der Waals surface area contributed by atoms with Gasteiger partial charge in [-0.05, 0) is 13.0 Å². The Labute approximate surface area is 118 Å². The number of hydrogen-bond acceptors (Lipinski definition) is 6. The molecule has 0 spiro atoms. The minimum atomic E-state index is -1.47. The molecule has 8 nitrogen and oxygen atoms in total. The molecule has 20 heavy (non-hydrogen) atoms. The summed E-state index contributed by atoms with van der Waals surface area (Å²) >= 11 is 1.16. The van der Waals surface area contributed by atoms with E-state index in [4.69, 9.17) is 15.6 Å². The van der Waals surface area contributed by atoms with Gasteiger partial charge < -0.3 is 20.9 Å². The van der Waals surface area contributed by atoms with Gasteiger partial charge in [0.05, 0.1) is 16.7 Å². The first-order chi connectivity index (χ1) is 9.50. The number of nitrogens with one attached hydrogen (secondary N) is 1. The van der Waals surface area contributed by atoms with Crippen LogP contribution < -0.4 is 11.1 Å². The maximum Gasteiger partial charge on any atom is 0.512 e. The van der Waals surface area contributed by atoms with Gasteiger partial charge in [0.1, 0.15) is 6.04 Å². The molecule has 2 fully saturated rings. The monoisotopic (exact) mass is 299 g/mol. The van der Waals surface area contributed by atoms with Crippen molar-refractivity contribution in [1.82, 2.24) is 10.2 Å². The summed E-state index contributed by atoms with van der Waals surface area (Å²) in [7, 11) is 0. The Bertz CT molecular complexity index is 534. The predicted octanol–water partition coefficient (Wildman–Crippen LogP) is -0.729. The lowest BCUT2D eigenvalue weighted by Crippen LogP contribution is -2.71. The topological polar surface area (TPSA) is 122 Å². The maximum atomic E-state index is 12.0. The zero-order valence-corrected chi connectivity index (χ0v) is 11.2. The first-order valence-corrected chi connectivity index (χ1v) is 7.11. The zero-order valence-electron chi connectivity index (χ0n) is 10.4. The molecule has 3 atom stereocenters. The lowest BCUT2D eigenvalue weighted by molar-refractivity contribution is -0.152. The molecule has 0 aromatic heterocycles. The summed E-state index contributed by atoms with van der Waals surface area (Å²) in [6.45, 7) is 0.673. The van der Waals surface area contributed by atoms with Gasteiger partial charge in [-0.15, -0.1) is 11.8 Å². The Balaban J connectivity index is 1.91. The number of hydrogen-bond donors (Lipinski definition) is 3. The van der Waals surface area contributed by atoms with Crippen LogP contribution in [-0.2, 0) is 14.3 Å². The fraction of sp³-hybridized carbons (Fsp3) is 0.545. The average Bonchev–Trinajstić information content (AvgIpc) is 2.66. The third-order valence-corrected chi connectivity index (χ3v) is 4.91. The van der Waals surface area contributed by atoms with Crippen molar-refractivity contribution in [3.05, 3.63) is 10.8 Å². The number of β-lactam (4-membered cyclic amide) rings is 1. The van der Waals surface area contributed by atoms with Crippen LogP contribution in [0.2, 0.25) is 0 Å². The summed E-state index contributed by atoms with van der Waals surface area (Å²) in [5.74, 6) is -0.597. The molecule has 0 aromatic rings. The summed E-state index contributed by atoms with van der Waals surface area (Å²) in [5.41, 5.74) is 5.13. The van der Waals surface area contributed by atoms with E-state index < -0.39 is 12.1 Å². The van der Waals surface area contributed by atoms with Crippen molar-refractivity contribution in [3.63, 3.8) is 0 Å². The standard InChI is InChI=1S/C11H13N3O5S/c12-5(15)3-20-8-4-1-2-13-6-7(4)14(9(6)16)10(8)19-11(17)18/h4,6-7,13H,1-3H2,(H2,12,15)(H,17,18)/t4?,6-,7+/m0/s1. The quantitative estimate of drug-likeness (QED) is 0.462. The molecule has 0 aromatic carbocycles. The molecule has 3 aliphatic rings. The van der Waals surface area contributed by atoms with Crippen LogP contribution in [0.15, 0.2) is 10.8 Å². The van der Waals surface area contributed by atoms with E-state index in [1.165, 1.54) is 4.90 Å². The van der Waals surface area contributed by atoms with Gasteiger partial charge in [-0.3, -0.25) is 14.5 Å². The van der Waals surface area contributed by atoms with E-state index in [1.807, 2.05) is 0 Å². The Kier molecular flexibility index (Phi) is 3.09. The van der Waals surface area contributed by atoms with Crippen LogP contribution in [0.3, 0.4) is 0 Å². The van der Waals surface area contributed by atoms with E-state index in [2.05, 4.69) is 5.32 Å². The highest BCUT2D eigenvalue weighted by Crippen LogP contribution is 2.50. The van der Waals surface area contributed by atoms with Crippen molar-refractivity contribution in [2.24, 2.45) is 11.7 Å². The normalized spacial score (nSPS) is 30.9. The van der Waals surface area contributed by atoms with E-state index in [-0.39, 0.29) is 35.5 Å². The van der Waals surface area contributed by atoms with Crippen molar-refractivity contribution in [3.8, 4) is 0 Å². The van der Waals surface area contributed by atoms with E-state index in [0.717, 1.165) is 18.2 Å². The van der Waals surface area contributed by atoms with Gasteiger partial charge in [-0.1, -0.05) is 0 Å². The van der Waals surface area contributed by atoms with Crippen molar-refractivity contribution < 1.29 is 24.2 Å². The fourth-order valence-electron chi connectivity index (χ4n) is 2.99. The molecule has 0 bridgehead atoms. The van der Waals surface area contributed by atoms with Gasteiger partial charge in [-0.25, -0.2) is 4.79 Å². The Morgan fingerprint density at radius 3 is 2.95 bits per heavy atom. The largest absolute Gasteiger partial charge is 0.512 e. The highest BCUT2D eigenvalue weighted by Gasteiger charge is 2.61. The van der Waals surface area contributed by atoms with Crippen LogP contribution >= 0.6 is 11.8 Å². The molecule has 0 saturated carbocycles. The smallest absolute Gasteiger partial charge is 0.449 e. The minimum absolute atomic E-state index is 0.0117. The number of nitrogens with two attached hydrogens (primary N) is 1. The molecule has 9 heteroatoms. The Morgan fingerprint density at radius 1 is 1.55 bits per heavy atom. The molecule has 0 aliphatic carbocycles. The second kappa shape index (κ2) is 4.67. The van der Waals surface area contributed by atoms with Gasteiger partial charge in [0.2, 0.25) is 17.7 Å². The number of carboxylic acid groups (broad SMARTS) is 1. The number of thioether (sulfide) groups is 1. The van der Waals surface area contributed by atoms with Gasteiger partial charge in [0.25, 0.3) is 0 Å². The number of carbonyl (C=O) groups excluding carboxylic acids is 2. The summed E-state index contributed by atoms with van der Waals surface area (Å²) in [5, 5.41) is 11.9. The van der Waals surface area contributed by atoms with Crippen molar-refractivity contribution >= 4 is 29.7 Å². The van der Waals surface area contributed by atoms with Crippen LogP contribution in [0.4, 0.5) is 4.79 Å². The molecule has 3 aliphatic heterocycles. The van der Waals surface area contributed by atoms with Crippen LogP contribution in [0.1, 0.15) is 6.42 Å². The number of carbonyl (C=O) groups is 3. The molecule has 3 heterocycles. The van der Waals surface area contributed by atoms with Crippen LogP contribution in [0, 0.1) is 5.92 Å². The minimum Gasteiger partial charge on any atom is -0.449 e. The molecular weight excluding hydrogens is 286 g/mol. The Hall–Kier alpha value is -1.74. The molecule has 2 amide bonds. The second-order valence-electron chi connectivity index (χ2n) is 4.82. The highest BCUT2D eigenvalue weighted by molar-refractivity contribution is 8.03. The Morgan fingerprint density at radius 2 is 2.30 bits per heavy atom. The number of ether oxygens (including phenoxy) is 1. The molecule has 1 unspecified atom stereocenters. The van der Waals surface area contributed by atoms with Crippen molar-refractivity contribution in [2.45, 2.75) is 18.5 Å². The third-order valence-electron chi connectivity index (χ3n) is 3.70.